The van der Waals surface area contributed by atoms with E-state index in [1.54, 1.807) is 25.3 Å². The number of para-hydroxylation sites is 2. The predicted octanol–water partition coefficient (Wildman–Crippen LogP) is 5.97. The quantitative estimate of drug-likeness (QED) is 0.374. The van der Waals surface area contributed by atoms with Crippen molar-refractivity contribution in [2.75, 3.05) is 19.1 Å². The first-order chi connectivity index (χ1) is 19.1. The molecular formula is C30H25F3N2O5. The Labute approximate surface area is 228 Å². The van der Waals surface area contributed by atoms with Crippen molar-refractivity contribution in [1.29, 1.82) is 0 Å². The van der Waals surface area contributed by atoms with Crippen LogP contribution in [0, 0.1) is 5.92 Å². The number of carbonyl (C=O) groups is 3. The number of alkyl halides is 3. The van der Waals surface area contributed by atoms with Gasteiger partial charge in [-0.1, -0.05) is 36.4 Å². The summed E-state index contributed by atoms with van der Waals surface area (Å²) in [7, 11) is 2.76. The van der Waals surface area contributed by atoms with Gasteiger partial charge in [-0.15, -0.1) is 0 Å². The zero-order valence-electron chi connectivity index (χ0n) is 21.6. The van der Waals surface area contributed by atoms with Crippen molar-refractivity contribution in [3.63, 3.8) is 0 Å². The number of esters is 1. The lowest BCUT2D eigenvalue weighted by molar-refractivity contribution is -0.171. The van der Waals surface area contributed by atoms with E-state index in [-0.39, 0.29) is 40.6 Å². The van der Waals surface area contributed by atoms with Crippen LogP contribution in [0.25, 0.3) is 0 Å². The molecule has 0 N–H and O–H groups in total. The molecule has 10 heteroatoms. The van der Waals surface area contributed by atoms with Gasteiger partial charge in [0.05, 0.1) is 43.1 Å². The molecule has 1 aliphatic carbocycles. The Morgan fingerprint density at radius 3 is 2.17 bits per heavy atom. The standard InChI is InChI=1S/C30H25F3N2O5/c1-39-21-13-11-17(12-14-21)20-15-23-26(25(36)16-20)27(18-7-9-19(10-8-18)28(37)40-2)35(29(38)30(31,32)33)24-6-4-3-5-22(24)34-23/h3-14,20,26-27H,15-16H2,1-2H3/t20-,26?,27+/m0/s1. The maximum Gasteiger partial charge on any atom is 0.471 e. The molecule has 1 unspecified atom stereocenters. The van der Waals surface area contributed by atoms with Crippen LogP contribution in [-0.2, 0) is 14.3 Å². The molecule has 0 saturated heterocycles. The van der Waals surface area contributed by atoms with Gasteiger partial charge in [-0.2, -0.15) is 13.2 Å². The monoisotopic (exact) mass is 550 g/mol. The predicted molar refractivity (Wildman–Crippen MR) is 141 cm³/mol. The maximum absolute atomic E-state index is 14.0. The summed E-state index contributed by atoms with van der Waals surface area (Å²) in [6.07, 6.45) is -4.86. The minimum absolute atomic E-state index is 0.0527. The number of carbonyl (C=O) groups excluding carboxylic acids is 3. The number of fused-ring (bicyclic) bond motifs is 2. The molecule has 1 saturated carbocycles. The topological polar surface area (TPSA) is 85.3 Å². The number of halogens is 3. The molecule has 5 rings (SSSR count). The minimum Gasteiger partial charge on any atom is -0.497 e. The van der Waals surface area contributed by atoms with E-state index in [4.69, 9.17) is 14.5 Å². The van der Waals surface area contributed by atoms with E-state index >= 15 is 0 Å². The number of ether oxygens (including phenoxy) is 2. The van der Waals surface area contributed by atoms with E-state index < -0.39 is 30.0 Å². The summed E-state index contributed by atoms with van der Waals surface area (Å²) in [4.78, 5) is 44.2. The summed E-state index contributed by atoms with van der Waals surface area (Å²) in [6, 6.07) is 17.7. The van der Waals surface area contributed by atoms with Crippen molar-refractivity contribution in [1.82, 2.24) is 0 Å². The maximum atomic E-state index is 14.0. The minimum atomic E-state index is -5.22. The Morgan fingerprint density at radius 2 is 1.55 bits per heavy atom. The van der Waals surface area contributed by atoms with Gasteiger partial charge in [-0.25, -0.2) is 4.79 Å². The molecule has 0 bridgehead atoms. The molecule has 40 heavy (non-hydrogen) atoms. The summed E-state index contributed by atoms with van der Waals surface area (Å²) in [5.41, 5.74) is 1.81. The van der Waals surface area contributed by atoms with Crippen LogP contribution in [0.15, 0.2) is 77.8 Å². The van der Waals surface area contributed by atoms with Gasteiger partial charge >= 0.3 is 18.1 Å². The molecule has 7 nitrogen and oxygen atoms in total. The third kappa shape index (κ3) is 4.97. The fraction of sp³-hybridized carbons (Fsp3) is 0.267. The Morgan fingerprint density at radius 1 is 0.900 bits per heavy atom. The molecule has 1 amide bonds. The number of nitrogens with zero attached hydrogens (tertiary/aromatic N) is 2. The fourth-order valence-corrected chi connectivity index (χ4v) is 5.46. The number of hydrogen-bond donors (Lipinski definition) is 0. The van der Waals surface area contributed by atoms with Gasteiger partial charge in [-0.3, -0.25) is 19.5 Å². The van der Waals surface area contributed by atoms with E-state index in [1.807, 2.05) is 12.1 Å². The number of aliphatic imine (C=N–C) groups is 1. The Bertz CT molecular complexity index is 1480. The summed E-state index contributed by atoms with van der Waals surface area (Å²) >= 11 is 0. The highest BCUT2D eigenvalue weighted by atomic mass is 19.4. The van der Waals surface area contributed by atoms with Crippen LogP contribution in [0.4, 0.5) is 24.5 Å². The number of methoxy groups -OCH3 is 2. The second-order valence-corrected chi connectivity index (χ2v) is 9.65. The van der Waals surface area contributed by atoms with Crippen LogP contribution in [0.3, 0.4) is 0 Å². The first-order valence-electron chi connectivity index (χ1n) is 12.5. The Hall–Kier alpha value is -4.47. The lowest BCUT2D eigenvalue weighted by Crippen LogP contribution is -2.49. The van der Waals surface area contributed by atoms with E-state index in [9.17, 15) is 27.6 Å². The molecule has 206 valence electrons. The number of anilines is 1. The average Bonchev–Trinajstić information content (AvgIpc) is 3.10. The van der Waals surface area contributed by atoms with Crippen molar-refractivity contribution in [3.05, 3.63) is 89.5 Å². The van der Waals surface area contributed by atoms with Crippen LogP contribution in [0.1, 0.15) is 46.3 Å². The van der Waals surface area contributed by atoms with E-state index in [2.05, 4.69) is 0 Å². The average molecular weight is 551 g/mol. The van der Waals surface area contributed by atoms with Crippen molar-refractivity contribution in [3.8, 4) is 5.75 Å². The van der Waals surface area contributed by atoms with Gasteiger partial charge < -0.3 is 9.47 Å². The Balaban J connectivity index is 1.66. The Kier molecular flexibility index (Phi) is 7.18. The van der Waals surface area contributed by atoms with Crippen LogP contribution in [-0.4, -0.2) is 43.8 Å². The highest BCUT2D eigenvalue weighted by molar-refractivity contribution is 6.13. The van der Waals surface area contributed by atoms with Crippen molar-refractivity contribution < 1.29 is 37.0 Å². The largest absolute Gasteiger partial charge is 0.497 e. The van der Waals surface area contributed by atoms with Crippen molar-refractivity contribution >= 4 is 34.7 Å². The molecule has 1 fully saturated rings. The van der Waals surface area contributed by atoms with Gasteiger partial charge in [-0.05, 0) is 59.9 Å². The summed E-state index contributed by atoms with van der Waals surface area (Å²) < 4.78 is 52.1. The highest BCUT2D eigenvalue weighted by Gasteiger charge is 2.52. The van der Waals surface area contributed by atoms with Gasteiger partial charge in [0.2, 0.25) is 0 Å². The van der Waals surface area contributed by atoms with Crippen molar-refractivity contribution in [2.45, 2.75) is 31.0 Å². The van der Waals surface area contributed by atoms with E-state index in [0.717, 1.165) is 5.56 Å². The van der Waals surface area contributed by atoms with Crippen LogP contribution in [0.5, 0.6) is 5.75 Å². The molecule has 0 radical (unpaired) electrons. The molecule has 1 aliphatic heterocycles. The number of rotatable bonds is 4. The van der Waals surface area contributed by atoms with E-state index in [1.165, 1.54) is 49.6 Å². The smallest absolute Gasteiger partial charge is 0.471 e. The van der Waals surface area contributed by atoms with Gasteiger partial charge in [0.15, 0.2) is 0 Å². The van der Waals surface area contributed by atoms with E-state index in [0.29, 0.717) is 22.8 Å². The fourth-order valence-electron chi connectivity index (χ4n) is 5.46. The van der Waals surface area contributed by atoms with Crippen LogP contribution >= 0.6 is 0 Å². The zero-order valence-corrected chi connectivity index (χ0v) is 21.6. The zero-order chi connectivity index (χ0) is 28.6. The van der Waals surface area contributed by atoms with Gasteiger partial charge in [0, 0.05) is 12.1 Å². The molecule has 1 heterocycles. The molecule has 2 aliphatic rings. The number of hydrogen-bond acceptors (Lipinski definition) is 6. The third-order valence-corrected chi connectivity index (χ3v) is 7.33. The SMILES string of the molecule is COC(=O)c1ccc([C@@H]2C3C(=O)C[C@@H](c4ccc(OC)cc4)CC3=Nc3ccccc3N2C(=O)C(F)(F)F)cc1. The van der Waals surface area contributed by atoms with Gasteiger partial charge in [0.25, 0.3) is 0 Å². The van der Waals surface area contributed by atoms with Crippen molar-refractivity contribution in [2.24, 2.45) is 10.9 Å². The number of amides is 1. The third-order valence-electron chi connectivity index (χ3n) is 7.33. The second-order valence-electron chi connectivity index (χ2n) is 9.65. The second kappa shape index (κ2) is 10.6. The molecule has 0 spiro atoms. The first-order valence-corrected chi connectivity index (χ1v) is 12.5. The summed E-state index contributed by atoms with van der Waals surface area (Å²) in [6.45, 7) is 0. The number of ketones is 1. The number of benzene rings is 3. The molecule has 3 aromatic rings. The molecular weight excluding hydrogens is 525 g/mol. The molecule has 3 aromatic carbocycles. The first kappa shape index (κ1) is 27.1. The van der Waals surface area contributed by atoms with Crippen LogP contribution in [0.2, 0.25) is 0 Å². The highest BCUT2D eigenvalue weighted by Crippen LogP contribution is 2.48. The normalized spacial score (nSPS) is 20.5. The lowest BCUT2D eigenvalue weighted by Gasteiger charge is -2.39. The molecule has 3 atom stereocenters. The molecule has 0 aromatic heterocycles. The summed E-state index contributed by atoms with van der Waals surface area (Å²) in [5, 5.41) is 0. The van der Waals surface area contributed by atoms with Crippen LogP contribution < -0.4 is 9.64 Å². The summed E-state index contributed by atoms with van der Waals surface area (Å²) in [5.74, 6) is -3.80. The van der Waals surface area contributed by atoms with Gasteiger partial charge in [0.1, 0.15) is 11.5 Å². The lowest BCUT2D eigenvalue weighted by atomic mass is 9.72. The number of Topliss-reactive ketones (excluding diaryl/α,β-unsaturated/α-hetero) is 1.